The molecule has 1 aromatic heterocycles. The highest BCUT2D eigenvalue weighted by Gasteiger charge is 2.10. The number of hydrazone groups is 1. The van der Waals surface area contributed by atoms with E-state index in [1.54, 1.807) is 12.1 Å². The summed E-state index contributed by atoms with van der Waals surface area (Å²) >= 11 is 3.15. The summed E-state index contributed by atoms with van der Waals surface area (Å²) in [6.45, 7) is 1.99. The third kappa shape index (κ3) is 3.54. The number of carbonyl (C=O) groups excluding carboxylic acids is 1. The molecule has 0 spiro atoms. The van der Waals surface area contributed by atoms with Crippen LogP contribution in [-0.2, 0) is 0 Å². The summed E-state index contributed by atoms with van der Waals surface area (Å²) in [5.41, 5.74) is 4.31. The van der Waals surface area contributed by atoms with E-state index in [0.717, 1.165) is 17.7 Å². The first-order valence-corrected chi connectivity index (χ1v) is 6.67. The number of furan rings is 1. The van der Waals surface area contributed by atoms with Gasteiger partial charge in [-0.1, -0.05) is 37.3 Å². The molecule has 0 aliphatic carbocycles. The molecule has 1 N–H and O–H groups in total. The smallest absolute Gasteiger partial charge is 0.307 e. The van der Waals surface area contributed by atoms with Crippen LogP contribution >= 0.6 is 15.9 Å². The third-order valence-corrected chi connectivity index (χ3v) is 2.96. The predicted molar refractivity (Wildman–Crippen MR) is 77.1 cm³/mol. The largest absolute Gasteiger partial charge is 0.444 e. The standard InChI is InChI=1S/C14H13BrN2O2/c1-2-11(10-6-4-3-5-7-10)16-17-14(18)12-8-9-13(15)19-12/h3-9H,2H2,1H3,(H,17,18)/b16-11+. The minimum atomic E-state index is -0.368. The van der Waals surface area contributed by atoms with E-state index in [4.69, 9.17) is 4.42 Å². The molecular weight excluding hydrogens is 308 g/mol. The van der Waals surface area contributed by atoms with Crippen molar-refractivity contribution < 1.29 is 9.21 Å². The van der Waals surface area contributed by atoms with E-state index in [1.165, 1.54) is 0 Å². The minimum absolute atomic E-state index is 0.221. The molecule has 0 fully saturated rings. The Labute approximate surface area is 119 Å². The number of rotatable bonds is 4. The van der Waals surface area contributed by atoms with Crippen molar-refractivity contribution in [2.75, 3.05) is 0 Å². The van der Waals surface area contributed by atoms with Crippen LogP contribution < -0.4 is 5.43 Å². The highest BCUT2D eigenvalue weighted by molar-refractivity contribution is 9.10. The second kappa shape index (κ2) is 6.33. The molecule has 4 nitrogen and oxygen atoms in total. The van der Waals surface area contributed by atoms with Gasteiger partial charge in [0.2, 0.25) is 0 Å². The molecule has 0 unspecified atom stereocenters. The molecule has 0 radical (unpaired) electrons. The van der Waals surface area contributed by atoms with Gasteiger partial charge >= 0.3 is 5.91 Å². The molecule has 98 valence electrons. The molecular formula is C14H13BrN2O2. The lowest BCUT2D eigenvalue weighted by molar-refractivity contribution is 0.0926. The average Bonchev–Trinajstić information content (AvgIpc) is 2.87. The van der Waals surface area contributed by atoms with Crippen LogP contribution in [0, 0.1) is 0 Å². The SMILES string of the molecule is CC/C(=N\NC(=O)c1ccc(Br)o1)c1ccccc1. The van der Waals surface area contributed by atoms with E-state index >= 15 is 0 Å². The van der Waals surface area contributed by atoms with Gasteiger partial charge in [0.1, 0.15) is 0 Å². The first kappa shape index (κ1) is 13.5. The lowest BCUT2D eigenvalue weighted by atomic mass is 10.1. The first-order valence-electron chi connectivity index (χ1n) is 5.88. The summed E-state index contributed by atoms with van der Waals surface area (Å²) < 4.78 is 5.67. The monoisotopic (exact) mass is 320 g/mol. The van der Waals surface area contributed by atoms with Crippen molar-refractivity contribution in [2.24, 2.45) is 5.10 Å². The van der Waals surface area contributed by atoms with Gasteiger partial charge in [-0.05, 0) is 40.0 Å². The molecule has 5 heteroatoms. The predicted octanol–water partition coefficient (Wildman–Crippen LogP) is 3.59. The Morgan fingerprint density at radius 3 is 2.58 bits per heavy atom. The van der Waals surface area contributed by atoms with Gasteiger partial charge in [-0.25, -0.2) is 5.43 Å². The summed E-state index contributed by atoms with van der Waals surface area (Å²) in [5.74, 6) is -0.147. The summed E-state index contributed by atoms with van der Waals surface area (Å²) in [4.78, 5) is 11.8. The number of nitrogens with zero attached hydrogens (tertiary/aromatic N) is 1. The van der Waals surface area contributed by atoms with Crippen molar-refractivity contribution in [3.8, 4) is 0 Å². The lowest BCUT2D eigenvalue weighted by Gasteiger charge is -2.04. The Bertz CT molecular complexity index is 591. The second-order valence-corrected chi connectivity index (χ2v) is 4.60. The highest BCUT2D eigenvalue weighted by atomic mass is 79.9. The minimum Gasteiger partial charge on any atom is -0.444 e. The summed E-state index contributed by atoms with van der Waals surface area (Å²) in [5, 5.41) is 4.14. The third-order valence-electron chi connectivity index (χ3n) is 2.53. The van der Waals surface area contributed by atoms with E-state index in [0.29, 0.717) is 4.67 Å². The van der Waals surface area contributed by atoms with Crippen molar-refractivity contribution in [3.63, 3.8) is 0 Å². The number of amides is 1. The number of benzene rings is 1. The molecule has 2 rings (SSSR count). The topological polar surface area (TPSA) is 54.6 Å². The van der Waals surface area contributed by atoms with E-state index < -0.39 is 0 Å². The summed E-state index contributed by atoms with van der Waals surface area (Å²) in [7, 11) is 0. The van der Waals surface area contributed by atoms with Crippen molar-refractivity contribution in [3.05, 3.63) is 58.5 Å². The van der Waals surface area contributed by atoms with Crippen molar-refractivity contribution in [2.45, 2.75) is 13.3 Å². The molecule has 0 saturated heterocycles. The molecule has 0 bridgehead atoms. The zero-order valence-electron chi connectivity index (χ0n) is 10.4. The first-order chi connectivity index (χ1) is 9.20. The fourth-order valence-corrected chi connectivity index (χ4v) is 1.89. The van der Waals surface area contributed by atoms with E-state index in [-0.39, 0.29) is 11.7 Å². The van der Waals surface area contributed by atoms with Crippen LogP contribution in [0.15, 0.2) is 56.7 Å². The Morgan fingerprint density at radius 1 is 1.26 bits per heavy atom. The molecule has 0 aliphatic heterocycles. The maximum atomic E-state index is 11.8. The van der Waals surface area contributed by atoms with E-state index in [9.17, 15) is 4.79 Å². The van der Waals surface area contributed by atoms with E-state index in [2.05, 4.69) is 26.5 Å². The molecule has 19 heavy (non-hydrogen) atoms. The van der Waals surface area contributed by atoms with Crippen LogP contribution in [0.3, 0.4) is 0 Å². The maximum Gasteiger partial charge on any atom is 0.307 e. The fraction of sp³-hybridized carbons (Fsp3) is 0.143. The Hall–Kier alpha value is -1.88. The Kier molecular flexibility index (Phi) is 4.52. The molecule has 0 aliphatic rings. The van der Waals surface area contributed by atoms with Crippen LogP contribution in [0.2, 0.25) is 0 Å². The van der Waals surface area contributed by atoms with Gasteiger partial charge in [0, 0.05) is 0 Å². The van der Waals surface area contributed by atoms with Gasteiger partial charge in [-0.3, -0.25) is 4.79 Å². The molecule has 0 atom stereocenters. The van der Waals surface area contributed by atoms with E-state index in [1.807, 2.05) is 37.3 Å². The second-order valence-electron chi connectivity index (χ2n) is 3.82. The summed E-state index contributed by atoms with van der Waals surface area (Å²) in [6, 6.07) is 13.0. The number of hydrogen-bond donors (Lipinski definition) is 1. The van der Waals surface area contributed by atoms with Gasteiger partial charge < -0.3 is 4.42 Å². The summed E-state index contributed by atoms with van der Waals surface area (Å²) in [6.07, 6.45) is 0.728. The number of nitrogens with one attached hydrogen (secondary N) is 1. The van der Waals surface area contributed by atoms with Crippen LogP contribution in [0.25, 0.3) is 0 Å². The van der Waals surface area contributed by atoms with Gasteiger partial charge in [0.25, 0.3) is 0 Å². The Balaban J connectivity index is 2.10. The van der Waals surface area contributed by atoms with Crippen LogP contribution in [0.4, 0.5) is 0 Å². The van der Waals surface area contributed by atoms with Gasteiger partial charge in [-0.15, -0.1) is 0 Å². The van der Waals surface area contributed by atoms with Gasteiger partial charge in [-0.2, -0.15) is 5.10 Å². The lowest BCUT2D eigenvalue weighted by Crippen LogP contribution is -2.19. The van der Waals surface area contributed by atoms with Crippen molar-refractivity contribution in [1.82, 2.24) is 5.43 Å². The van der Waals surface area contributed by atoms with Crippen molar-refractivity contribution >= 4 is 27.5 Å². The maximum absolute atomic E-state index is 11.8. The number of hydrogen-bond acceptors (Lipinski definition) is 3. The highest BCUT2D eigenvalue weighted by Crippen LogP contribution is 2.13. The fourth-order valence-electron chi connectivity index (χ4n) is 1.59. The van der Waals surface area contributed by atoms with Gasteiger partial charge in [0.05, 0.1) is 5.71 Å². The molecule has 2 aromatic rings. The zero-order chi connectivity index (χ0) is 13.7. The molecule has 1 aromatic carbocycles. The van der Waals surface area contributed by atoms with Crippen LogP contribution in [0.5, 0.6) is 0 Å². The molecule has 1 heterocycles. The molecule has 1 amide bonds. The number of carbonyl (C=O) groups is 1. The zero-order valence-corrected chi connectivity index (χ0v) is 12.0. The Morgan fingerprint density at radius 2 is 2.00 bits per heavy atom. The van der Waals surface area contributed by atoms with Gasteiger partial charge in [0.15, 0.2) is 10.4 Å². The average molecular weight is 321 g/mol. The normalized spacial score (nSPS) is 11.4. The van der Waals surface area contributed by atoms with Crippen molar-refractivity contribution in [1.29, 1.82) is 0 Å². The quantitative estimate of drug-likeness (QED) is 0.691. The molecule has 0 saturated carbocycles. The van der Waals surface area contributed by atoms with Crippen LogP contribution in [-0.4, -0.2) is 11.6 Å². The number of halogens is 1. The van der Waals surface area contributed by atoms with Crippen LogP contribution in [0.1, 0.15) is 29.5 Å².